The minimum atomic E-state index is -1.06. The molecular weight excluding hydrogens is 212 g/mol. The Hall–Kier alpha value is -2.18. The van der Waals surface area contributed by atoms with Gasteiger partial charge in [0.1, 0.15) is 25.7 Å². The van der Waals surface area contributed by atoms with Crippen molar-refractivity contribution in [2.24, 2.45) is 0 Å². The monoisotopic (exact) mass is 224 g/mol. The van der Waals surface area contributed by atoms with Gasteiger partial charge in [0.25, 0.3) is 0 Å². The number of carbonyl (C=O) groups excluding carboxylic acids is 1. The molecule has 7 nitrogen and oxygen atoms in total. The minimum Gasteiger partial charge on any atom is -0.480 e. The summed E-state index contributed by atoms with van der Waals surface area (Å²) in [5.41, 5.74) is 0. The van der Waals surface area contributed by atoms with Crippen molar-refractivity contribution in [1.82, 2.24) is 19.7 Å². The molecule has 0 aliphatic carbocycles. The van der Waals surface area contributed by atoms with E-state index in [0.717, 1.165) is 0 Å². The lowest BCUT2D eigenvalue weighted by Crippen LogP contribution is -2.38. The lowest BCUT2D eigenvalue weighted by Gasteiger charge is -2.18. The Morgan fingerprint density at radius 3 is 2.81 bits per heavy atom. The first-order valence-corrected chi connectivity index (χ1v) is 4.56. The summed E-state index contributed by atoms with van der Waals surface area (Å²) in [4.78, 5) is 27.1. The fourth-order valence-corrected chi connectivity index (χ4v) is 1.13. The summed E-state index contributed by atoms with van der Waals surface area (Å²) >= 11 is 0. The van der Waals surface area contributed by atoms with Crippen LogP contribution in [0.15, 0.2) is 25.3 Å². The van der Waals surface area contributed by atoms with Crippen LogP contribution in [0.3, 0.4) is 0 Å². The van der Waals surface area contributed by atoms with E-state index in [4.69, 9.17) is 5.11 Å². The van der Waals surface area contributed by atoms with Gasteiger partial charge in [-0.15, -0.1) is 6.58 Å². The Morgan fingerprint density at radius 2 is 2.31 bits per heavy atom. The van der Waals surface area contributed by atoms with Crippen LogP contribution in [0.4, 0.5) is 0 Å². The van der Waals surface area contributed by atoms with E-state index in [1.54, 1.807) is 0 Å². The quantitative estimate of drug-likeness (QED) is 0.650. The van der Waals surface area contributed by atoms with E-state index in [1.165, 1.54) is 28.3 Å². The second-order valence-electron chi connectivity index (χ2n) is 3.05. The predicted molar refractivity (Wildman–Crippen MR) is 54.4 cm³/mol. The molecule has 0 bridgehead atoms. The van der Waals surface area contributed by atoms with Crippen LogP contribution >= 0.6 is 0 Å². The van der Waals surface area contributed by atoms with Gasteiger partial charge in [-0.1, -0.05) is 6.08 Å². The fourth-order valence-electron chi connectivity index (χ4n) is 1.13. The average molecular weight is 224 g/mol. The van der Waals surface area contributed by atoms with Crippen molar-refractivity contribution in [1.29, 1.82) is 0 Å². The highest BCUT2D eigenvalue weighted by Gasteiger charge is 2.15. The van der Waals surface area contributed by atoms with Gasteiger partial charge >= 0.3 is 5.97 Å². The standard InChI is InChI=1S/C9H12N4O3/c1-2-3-12(5-9(15)16)8(14)4-13-7-10-6-11-13/h2,6-7H,1,3-5H2,(H,15,16). The van der Waals surface area contributed by atoms with Crippen LogP contribution < -0.4 is 0 Å². The van der Waals surface area contributed by atoms with Gasteiger partial charge in [-0.25, -0.2) is 9.67 Å². The molecule has 0 radical (unpaired) electrons. The van der Waals surface area contributed by atoms with Crippen LogP contribution in [0.2, 0.25) is 0 Å². The third kappa shape index (κ3) is 3.52. The molecule has 1 amide bonds. The normalized spacial score (nSPS) is 9.75. The Balaban J connectivity index is 2.59. The number of rotatable bonds is 6. The summed E-state index contributed by atoms with van der Waals surface area (Å²) in [7, 11) is 0. The molecule has 0 saturated heterocycles. The second-order valence-corrected chi connectivity index (χ2v) is 3.05. The molecule has 0 aliphatic heterocycles. The Kier molecular flexibility index (Phi) is 4.19. The molecule has 16 heavy (non-hydrogen) atoms. The van der Waals surface area contributed by atoms with Crippen molar-refractivity contribution in [3.63, 3.8) is 0 Å². The maximum atomic E-state index is 11.7. The van der Waals surface area contributed by atoms with E-state index in [1.807, 2.05) is 0 Å². The summed E-state index contributed by atoms with van der Waals surface area (Å²) < 4.78 is 1.33. The lowest BCUT2D eigenvalue weighted by atomic mass is 10.4. The molecule has 0 saturated carbocycles. The van der Waals surface area contributed by atoms with E-state index in [-0.39, 0.29) is 25.5 Å². The van der Waals surface area contributed by atoms with E-state index < -0.39 is 5.97 Å². The maximum Gasteiger partial charge on any atom is 0.323 e. The maximum absolute atomic E-state index is 11.7. The molecule has 0 unspecified atom stereocenters. The highest BCUT2D eigenvalue weighted by Crippen LogP contribution is 1.93. The number of hydrogen-bond acceptors (Lipinski definition) is 4. The zero-order valence-electron chi connectivity index (χ0n) is 8.61. The number of amides is 1. The molecule has 0 spiro atoms. The van der Waals surface area contributed by atoms with E-state index in [9.17, 15) is 9.59 Å². The third-order valence-electron chi connectivity index (χ3n) is 1.79. The van der Waals surface area contributed by atoms with E-state index >= 15 is 0 Å². The Bertz CT molecular complexity index is 374. The molecule has 1 aromatic rings. The van der Waals surface area contributed by atoms with Gasteiger partial charge in [0.2, 0.25) is 5.91 Å². The van der Waals surface area contributed by atoms with E-state index in [2.05, 4.69) is 16.7 Å². The number of aromatic nitrogens is 3. The SMILES string of the molecule is C=CCN(CC(=O)O)C(=O)Cn1cncn1. The van der Waals surface area contributed by atoms with Crippen molar-refractivity contribution < 1.29 is 14.7 Å². The molecule has 0 atom stereocenters. The number of nitrogens with zero attached hydrogens (tertiary/aromatic N) is 4. The van der Waals surface area contributed by atoms with Crippen LogP contribution in [0.25, 0.3) is 0 Å². The summed E-state index contributed by atoms with van der Waals surface area (Å²) in [6, 6.07) is 0. The van der Waals surface area contributed by atoms with Gasteiger partial charge in [0.05, 0.1) is 0 Å². The molecular formula is C9H12N4O3. The molecule has 86 valence electrons. The zero-order chi connectivity index (χ0) is 12.0. The fraction of sp³-hybridized carbons (Fsp3) is 0.333. The van der Waals surface area contributed by atoms with Crippen molar-refractivity contribution >= 4 is 11.9 Å². The largest absolute Gasteiger partial charge is 0.480 e. The first-order chi connectivity index (χ1) is 7.63. The molecule has 1 aromatic heterocycles. The number of carbonyl (C=O) groups is 2. The third-order valence-corrected chi connectivity index (χ3v) is 1.79. The van der Waals surface area contributed by atoms with Crippen LogP contribution in [-0.4, -0.2) is 49.7 Å². The van der Waals surface area contributed by atoms with Crippen molar-refractivity contribution in [2.75, 3.05) is 13.1 Å². The molecule has 0 fully saturated rings. The van der Waals surface area contributed by atoms with Gasteiger partial charge < -0.3 is 10.0 Å². The topological polar surface area (TPSA) is 88.3 Å². The summed E-state index contributed by atoms with van der Waals surface area (Å²) in [6.07, 6.45) is 4.18. The van der Waals surface area contributed by atoms with Crippen molar-refractivity contribution in [3.8, 4) is 0 Å². The average Bonchev–Trinajstić information content (AvgIpc) is 2.69. The molecule has 1 heterocycles. The van der Waals surface area contributed by atoms with Crippen LogP contribution in [0, 0.1) is 0 Å². The zero-order valence-corrected chi connectivity index (χ0v) is 8.61. The van der Waals surface area contributed by atoms with Crippen LogP contribution in [0.5, 0.6) is 0 Å². The molecule has 1 rings (SSSR count). The van der Waals surface area contributed by atoms with Crippen molar-refractivity contribution in [2.45, 2.75) is 6.54 Å². The van der Waals surface area contributed by atoms with Gasteiger partial charge in [0, 0.05) is 6.54 Å². The molecule has 1 N–H and O–H groups in total. The molecule has 0 aliphatic rings. The van der Waals surface area contributed by atoms with Crippen LogP contribution in [-0.2, 0) is 16.1 Å². The van der Waals surface area contributed by atoms with Gasteiger partial charge in [0.15, 0.2) is 0 Å². The lowest BCUT2D eigenvalue weighted by molar-refractivity contribution is -0.144. The molecule has 7 heteroatoms. The van der Waals surface area contributed by atoms with Gasteiger partial charge in [-0.05, 0) is 0 Å². The Morgan fingerprint density at radius 1 is 1.56 bits per heavy atom. The smallest absolute Gasteiger partial charge is 0.323 e. The number of carboxylic acids is 1. The highest BCUT2D eigenvalue weighted by molar-refractivity contribution is 5.81. The van der Waals surface area contributed by atoms with E-state index in [0.29, 0.717) is 0 Å². The predicted octanol–water partition coefficient (Wildman–Crippen LogP) is -0.623. The van der Waals surface area contributed by atoms with Gasteiger partial charge in [-0.2, -0.15) is 5.10 Å². The van der Waals surface area contributed by atoms with Gasteiger partial charge in [-0.3, -0.25) is 9.59 Å². The summed E-state index contributed by atoms with van der Waals surface area (Å²) in [6.45, 7) is 3.29. The number of aliphatic carboxylic acids is 1. The van der Waals surface area contributed by atoms with Crippen molar-refractivity contribution in [3.05, 3.63) is 25.3 Å². The Labute approximate surface area is 92.0 Å². The summed E-state index contributed by atoms with van der Waals surface area (Å²) in [5, 5.41) is 12.4. The highest BCUT2D eigenvalue weighted by atomic mass is 16.4. The minimum absolute atomic E-state index is 0.0267. The molecule has 0 aromatic carbocycles. The first-order valence-electron chi connectivity index (χ1n) is 4.56. The summed E-state index contributed by atoms with van der Waals surface area (Å²) in [5.74, 6) is -1.40. The number of carboxylic acid groups (broad SMARTS) is 1. The number of hydrogen-bond donors (Lipinski definition) is 1. The van der Waals surface area contributed by atoms with Crippen LogP contribution in [0.1, 0.15) is 0 Å². The first kappa shape index (κ1) is 11.9. The second kappa shape index (κ2) is 5.64.